The standard InChI is InChI=1S/C24H47NO4/c1-4-7-9-11-13-15-17-19-21-25(29-24(27)23(26)28-6-3)22-20-18-16-14-12-10-8-5-2/h4-22H2,1-3H3. The Kier molecular flexibility index (Phi) is 20.8. The van der Waals surface area contributed by atoms with Gasteiger partial charge in [-0.2, -0.15) is 0 Å². The molecule has 172 valence electrons. The van der Waals surface area contributed by atoms with E-state index in [0.717, 1.165) is 25.7 Å². The number of esters is 1. The lowest BCUT2D eigenvalue weighted by atomic mass is 10.1. The van der Waals surface area contributed by atoms with Gasteiger partial charge in [-0.25, -0.2) is 9.59 Å². The number of rotatable bonds is 20. The van der Waals surface area contributed by atoms with E-state index in [1.807, 2.05) is 0 Å². The molecule has 5 heteroatoms. The maximum absolute atomic E-state index is 11.9. The lowest BCUT2D eigenvalue weighted by Crippen LogP contribution is -2.33. The van der Waals surface area contributed by atoms with Crippen LogP contribution in [0.2, 0.25) is 0 Å². The quantitative estimate of drug-likeness (QED) is 0.0975. The van der Waals surface area contributed by atoms with Crippen LogP contribution in [0.1, 0.15) is 124 Å². The Bertz CT molecular complexity index is 367. The molecule has 0 aliphatic heterocycles. The minimum Gasteiger partial charge on any atom is -0.458 e. The van der Waals surface area contributed by atoms with Crippen molar-refractivity contribution in [1.29, 1.82) is 0 Å². The lowest BCUT2D eigenvalue weighted by Gasteiger charge is -2.20. The summed E-state index contributed by atoms with van der Waals surface area (Å²) in [5.41, 5.74) is 0. The largest absolute Gasteiger partial charge is 0.458 e. The first-order valence-corrected chi connectivity index (χ1v) is 12.3. The molecule has 0 rings (SSSR count). The Hall–Kier alpha value is -1.10. The van der Waals surface area contributed by atoms with Crippen molar-refractivity contribution in [1.82, 2.24) is 5.06 Å². The fraction of sp³-hybridized carbons (Fsp3) is 0.917. The zero-order valence-corrected chi connectivity index (χ0v) is 19.5. The molecule has 0 aromatic rings. The predicted molar refractivity (Wildman–Crippen MR) is 120 cm³/mol. The third-order valence-corrected chi connectivity index (χ3v) is 5.18. The van der Waals surface area contributed by atoms with Gasteiger partial charge in [0.15, 0.2) is 0 Å². The number of hydrogen-bond donors (Lipinski definition) is 0. The van der Waals surface area contributed by atoms with E-state index in [-0.39, 0.29) is 6.61 Å². The molecule has 0 unspecified atom stereocenters. The molecule has 0 N–H and O–H groups in total. The molecule has 0 atom stereocenters. The van der Waals surface area contributed by atoms with Gasteiger partial charge in [-0.3, -0.25) is 0 Å². The van der Waals surface area contributed by atoms with Crippen molar-refractivity contribution in [3.63, 3.8) is 0 Å². The second-order valence-corrected chi connectivity index (χ2v) is 7.98. The van der Waals surface area contributed by atoms with Crippen LogP contribution < -0.4 is 0 Å². The summed E-state index contributed by atoms with van der Waals surface area (Å²) in [5.74, 6) is -1.80. The number of hydroxylamine groups is 2. The first-order valence-electron chi connectivity index (χ1n) is 12.3. The highest BCUT2D eigenvalue weighted by Gasteiger charge is 2.20. The van der Waals surface area contributed by atoms with Gasteiger partial charge in [0, 0.05) is 13.1 Å². The molecule has 0 bridgehead atoms. The normalized spacial score (nSPS) is 11.0. The Balaban J connectivity index is 4.06. The van der Waals surface area contributed by atoms with Gasteiger partial charge in [-0.1, -0.05) is 104 Å². The summed E-state index contributed by atoms with van der Waals surface area (Å²) < 4.78 is 4.74. The fourth-order valence-electron chi connectivity index (χ4n) is 3.39. The van der Waals surface area contributed by atoms with Gasteiger partial charge in [0.05, 0.1) is 6.61 Å². The molecule has 0 radical (unpaired) electrons. The zero-order valence-electron chi connectivity index (χ0n) is 19.5. The van der Waals surface area contributed by atoms with Crippen LogP contribution in [-0.2, 0) is 19.2 Å². The van der Waals surface area contributed by atoms with E-state index in [1.165, 1.54) is 77.0 Å². The first-order chi connectivity index (χ1) is 14.2. The molecular weight excluding hydrogens is 366 g/mol. The van der Waals surface area contributed by atoms with Gasteiger partial charge in [0.1, 0.15) is 0 Å². The van der Waals surface area contributed by atoms with Gasteiger partial charge >= 0.3 is 11.9 Å². The maximum Gasteiger partial charge on any atom is 0.436 e. The van der Waals surface area contributed by atoms with Crippen LogP contribution in [0.15, 0.2) is 0 Å². The second kappa shape index (κ2) is 21.6. The molecule has 0 spiro atoms. The van der Waals surface area contributed by atoms with Gasteiger partial charge in [0.25, 0.3) is 0 Å². The highest BCUT2D eigenvalue weighted by Crippen LogP contribution is 2.11. The number of unbranched alkanes of at least 4 members (excludes halogenated alkanes) is 14. The van der Waals surface area contributed by atoms with Crippen LogP contribution in [-0.4, -0.2) is 36.7 Å². The number of ether oxygens (including phenoxy) is 1. The van der Waals surface area contributed by atoms with Crippen molar-refractivity contribution in [3.8, 4) is 0 Å². The Morgan fingerprint density at radius 3 is 1.31 bits per heavy atom. The fourth-order valence-corrected chi connectivity index (χ4v) is 3.39. The van der Waals surface area contributed by atoms with Crippen molar-refractivity contribution in [2.75, 3.05) is 19.7 Å². The van der Waals surface area contributed by atoms with Crippen LogP contribution in [0, 0.1) is 0 Å². The van der Waals surface area contributed by atoms with Crippen LogP contribution in [0.25, 0.3) is 0 Å². The molecule has 0 aliphatic rings. The molecule has 29 heavy (non-hydrogen) atoms. The van der Waals surface area contributed by atoms with E-state index in [9.17, 15) is 9.59 Å². The van der Waals surface area contributed by atoms with E-state index in [2.05, 4.69) is 13.8 Å². The summed E-state index contributed by atoms with van der Waals surface area (Å²) in [6.45, 7) is 7.72. The summed E-state index contributed by atoms with van der Waals surface area (Å²) >= 11 is 0. The highest BCUT2D eigenvalue weighted by atomic mass is 16.7. The third kappa shape index (κ3) is 18.7. The number of carbonyl (C=O) groups is 2. The van der Waals surface area contributed by atoms with Crippen LogP contribution in [0.4, 0.5) is 0 Å². The van der Waals surface area contributed by atoms with E-state index < -0.39 is 11.9 Å². The summed E-state index contributed by atoms with van der Waals surface area (Å²) in [6, 6.07) is 0. The summed E-state index contributed by atoms with van der Waals surface area (Å²) in [4.78, 5) is 28.7. The number of nitrogens with zero attached hydrogens (tertiary/aromatic N) is 1. The van der Waals surface area contributed by atoms with Crippen molar-refractivity contribution in [2.45, 2.75) is 124 Å². The zero-order chi connectivity index (χ0) is 21.6. The van der Waals surface area contributed by atoms with Crippen LogP contribution >= 0.6 is 0 Å². The van der Waals surface area contributed by atoms with Crippen molar-refractivity contribution in [2.24, 2.45) is 0 Å². The van der Waals surface area contributed by atoms with Crippen LogP contribution in [0.5, 0.6) is 0 Å². The van der Waals surface area contributed by atoms with Crippen molar-refractivity contribution >= 4 is 11.9 Å². The summed E-state index contributed by atoms with van der Waals surface area (Å²) in [7, 11) is 0. The van der Waals surface area contributed by atoms with Crippen molar-refractivity contribution < 1.29 is 19.2 Å². The third-order valence-electron chi connectivity index (χ3n) is 5.18. The molecule has 0 aliphatic carbocycles. The van der Waals surface area contributed by atoms with Gasteiger partial charge in [-0.15, -0.1) is 5.06 Å². The topological polar surface area (TPSA) is 55.8 Å². The highest BCUT2D eigenvalue weighted by molar-refractivity contribution is 6.29. The minimum absolute atomic E-state index is 0.185. The Labute approximate surface area is 179 Å². The van der Waals surface area contributed by atoms with E-state index in [4.69, 9.17) is 9.57 Å². The Morgan fingerprint density at radius 1 is 0.552 bits per heavy atom. The first kappa shape index (κ1) is 27.9. The summed E-state index contributed by atoms with van der Waals surface area (Å²) in [6.07, 6.45) is 19.8. The monoisotopic (exact) mass is 413 g/mol. The molecule has 0 heterocycles. The molecule has 0 saturated heterocycles. The van der Waals surface area contributed by atoms with Crippen molar-refractivity contribution in [3.05, 3.63) is 0 Å². The SMILES string of the molecule is CCCCCCCCCCN(CCCCCCCCCC)OC(=O)C(=O)OCC. The van der Waals surface area contributed by atoms with E-state index in [0.29, 0.717) is 13.1 Å². The van der Waals surface area contributed by atoms with Gasteiger partial charge in [0.2, 0.25) is 0 Å². The number of carbonyl (C=O) groups excluding carboxylic acids is 2. The average Bonchev–Trinajstić information content (AvgIpc) is 2.71. The second-order valence-electron chi connectivity index (χ2n) is 7.98. The van der Waals surface area contributed by atoms with Gasteiger partial charge < -0.3 is 9.57 Å². The van der Waals surface area contributed by atoms with Gasteiger partial charge in [-0.05, 0) is 19.8 Å². The van der Waals surface area contributed by atoms with E-state index >= 15 is 0 Å². The molecule has 5 nitrogen and oxygen atoms in total. The maximum atomic E-state index is 11.9. The van der Waals surface area contributed by atoms with E-state index in [1.54, 1.807) is 12.0 Å². The number of hydrogen-bond acceptors (Lipinski definition) is 5. The molecule has 0 aromatic heterocycles. The molecule has 0 saturated carbocycles. The average molecular weight is 414 g/mol. The van der Waals surface area contributed by atoms with Crippen LogP contribution in [0.3, 0.4) is 0 Å². The molecule has 0 fully saturated rings. The Morgan fingerprint density at radius 2 is 0.931 bits per heavy atom. The molecule has 0 amide bonds. The lowest BCUT2D eigenvalue weighted by molar-refractivity contribution is -0.200. The molecule has 0 aromatic carbocycles. The predicted octanol–water partition coefficient (Wildman–Crippen LogP) is 6.59. The smallest absolute Gasteiger partial charge is 0.436 e. The minimum atomic E-state index is -0.899. The molecular formula is C24H47NO4. The summed E-state index contributed by atoms with van der Waals surface area (Å²) in [5, 5.41) is 1.67.